The molecule has 0 radical (unpaired) electrons. The number of nitrogens with zero attached hydrogens (tertiary/aromatic N) is 2. The van der Waals surface area contributed by atoms with E-state index in [-0.39, 0.29) is 0 Å². The quantitative estimate of drug-likeness (QED) is 0.119. The molecule has 0 N–H and O–H groups in total. The molecule has 24 aromatic carbocycles. The summed E-state index contributed by atoms with van der Waals surface area (Å²) in [5.74, 6) is 0. The summed E-state index contributed by atoms with van der Waals surface area (Å²) in [4.78, 5) is 5.18. The van der Waals surface area contributed by atoms with Gasteiger partial charge in [-0.25, -0.2) is 0 Å². The van der Waals surface area contributed by atoms with E-state index in [1.807, 2.05) is 0 Å². The molecule has 2 spiro atoms. The second kappa shape index (κ2) is 29.0. The van der Waals surface area contributed by atoms with Gasteiger partial charge >= 0.3 is 0 Å². The zero-order valence-electron chi connectivity index (χ0n) is 75.4. The van der Waals surface area contributed by atoms with Crippen molar-refractivity contribution in [2.75, 3.05) is 9.80 Å². The van der Waals surface area contributed by atoms with Crippen molar-refractivity contribution in [3.63, 3.8) is 0 Å². The van der Waals surface area contributed by atoms with Crippen LogP contribution in [0.2, 0.25) is 0 Å². The predicted octanol–water partition coefficient (Wildman–Crippen LogP) is 34.6. The second-order valence-corrected chi connectivity index (χ2v) is 38.5. The van der Waals surface area contributed by atoms with E-state index in [1.54, 1.807) is 0 Å². The Morgan fingerprint density at radius 3 is 0.819 bits per heavy atom. The van der Waals surface area contributed by atoms with Gasteiger partial charge in [-0.2, -0.15) is 0 Å². The Bertz CT molecular complexity index is 9180. The number of anilines is 6. The highest BCUT2D eigenvalue weighted by atomic mass is 15.2. The van der Waals surface area contributed by atoms with Gasteiger partial charge in [-0.1, -0.05) is 431 Å². The topological polar surface area (TPSA) is 6.48 Å². The van der Waals surface area contributed by atoms with Crippen LogP contribution in [-0.2, 0) is 21.7 Å². The lowest BCUT2D eigenvalue weighted by atomic mass is 9.67. The minimum atomic E-state index is -0.798. The number of fused-ring (bicyclic) bond motifs is 38. The van der Waals surface area contributed by atoms with Gasteiger partial charge in [-0.05, 0) is 305 Å². The van der Waals surface area contributed by atoms with Crippen LogP contribution in [0.25, 0.3) is 143 Å². The molecular weight excluding hydrogens is 1660 g/mol. The maximum absolute atomic E-state index is 2.62. The van der Waals surface area contributed by atoms with Gasteiger partial charge in [-0.15, -0.1) is 0 Å². The lowest BCUT2D eigenvalue weighted by Crippen LogP contribution is -2.29. The summed E-state index contributed by atoms with van der Waals surface area (Å²) in [6.45, 7) is 0. The van der Waals surface area contributed by atoms with Crippen LogP contribution in [0.4, 0.5) is 34.1 Å². The molecule has 138 heavy (non-hydrogen) atoms. The highest BCUT2D eigenvalue weighted by Gasteiger charge is 2.56. The Morgan fingerprint density at radius 1 is 0.123 bits per heavy atom. The smallest absolute Gasteiger partial charge is 0.0726 e. The van der Waals surface area contributed by atoms with E-state index in [0.29, 0.717) is 0 Å². The molecule has 0 heterocycles. The maximum atomic E-state index is 2.62. The SMILES string of the molecule is c1ccc(C2(c3ccccc3)c3ccccc3-c3ccc(N(c4ccc5c(c4)-c4ccccc4C54c5ccccc5-c5cc(-c6ccc7c(c6)C(c6ccccc6)(c6ccccc6)c6cc(N(c8ccc9c%10ccccc%10c%10ccccc%10c9c8)c8cccc9c8-c8ccccc8C98c9ccccc9-c9ccccc98)ccc6-7)ccc54)c4ccc5c6ccccc6c6ccccc6c5c4)cc32)cc1. The molecule has 24 aromatic rings. The third-order valence-corrected chi connectivity index (χ3v) is 32.4. The summed E-state index contributed by atoms with van der Waals surface area (Å²) >= 11 is 0. The first-order valence-corrected chi connectivity index (χ1v) is 48.4. The largest absolute Gasteiger partial charge is 0.310 e. The standard InChI is InChI=1S/C136H84N2/c1-5-34-87(35-6-1)133(88-36-7-2-8-37-88)119-56-27-21-52-108(119)112-74-68-94(83-129(112)133)137(91-66-72-104-100-46-15-13-42-96(100)98-44-17-19-48-102(98)115(104)80-91)92-70-77-126-118(82-92)110-54-25-31-60-123(110)135(126)122-59-30-24-53-109(122)117-78-85(65-76-125(117)135)86-64-71-111-113-75-69-95(84-130(113)134(128(111)79-86,89-38-9-3-10-39-89)90-40-11-4-12-41-90)138(93-67-73-105-101-47-16-14-43-97(101)99-45-18-20-49-103(99)116(105)81-93)131-63-33-62-127-132(131)114-55-26-32-61-124(114)136(127)120-57-28-22-50-106(120)107-51-23-29-58-121(107)136/h1-84H. The van der Waals surface area contributed by atoms with Crippen LogP contribution < -0.4 is 9.80 Å². The molecule has 30 rings (SSSR count). The van der Waals surface area contributed by atoms with E-state index in [0.717, 1.165) is 45.3 Å². The van der Waals surface area contributed by atoms with E-state index in [2.05, 4.69) is 519 Å². The van der Waals surface area contributed by atoms with Crippen molar-refractivity contribution in [3.05, 3.63) is 599 Å². The second-order valence-electron chi connectivity index (χ2n) is 38.5. The molecule has 0 amide bonds. The van der Waals surface area contributed by atoms with Gasteiger partial charge in [0.05, 0.1) is 27.3 Å². The normalized spacial score (nSPS) is 14.9. The molecule has 0 saturated carbocycles. The van der Waals surface area contributed by atoms with E-state index < -0.39 is 21.7 Å². The van der Waals surface area contributed by atoms with Gasteiger partial charge in [0.1, 0.15) is 0 Å². The molecule has 2 nitrogen and oxygen atoms in total. The van der Waals surface area contributed by atoms with E-state index in [9.17, 15) is 0 Å². The summed E-state index contributed by atoms with van der Waals surface area (Å²) in [6.07, 6.45) is 0. The van der Waals surface area contributed by atoms with Gasteiger partial charge in [0.15, 0.2) is 0 Å². The fourth-order valence-corrected chi connectivity index (χ4v) is 27.1. The third-order valence-electron chi connectivity index (χ3n) is 32.4. The van der Waals surface area contributed by atoms with Crippen molar-refractivity contribution in [1.29, 1.82) is 0 Å². The minimum absolute atomic E-state index is 0.562. The zero-order chi connectivity index (χ0) is 90.3. The molecular formula is C136H84N2. The third kappa shape index (κ3) is 10.1. The van der Waals surface area contributed by atoms with Gasteiger partial charge in [0, 0.05) is 34.0 Å². The Balaban J connectivity index is 0.598. The van der Waals surface area contributed by atoms with Crippen molar-refractivity contribution in [2.24, 2.45) is 0 Å². The molecule has 6 aliphatic carbocycles. The summed E-state index contributed by atoms with van der Waals surface area (Å²) < 4.78 is 0. The van der Waals surface area contributed by atoms with E-state index in [4.69, 9.17) is 0 Å². The fourth-order valence-electron chi connectivity index (χ4n) is 27.1. The molecule has 1 unspecified atom stereocenters. The van der Waals surface area contributed by atoms with Crippen molar-refractivity contribution in [1.82, 2.24) is 0 Å². The van der Waals surface area contributed by atoms with Crippen molar-refractivity contribution < 1.29 is 0 Å². The molecule has 0 aliphatic heterocycles. The van der Waals surface area contributed by atoms with Gasteiger partial charge in [0.25, 0.3) is 0 Å². The molecule has 1 atom stereocenters. The average Bonchev–Trinajstić information content (AvgIpc) is 1.51. The summed E-state index contributed by atoms with van der Waals surface area (Å²) in [6, 6.07) is 195. The van der Waals surface area contributed by atoms with Crippen LogP contribution in [0.1, 0.15) is 89.0 Å². The Labute approximate surface area is 800 Å². The van der Waals surface area contributed by atoms with Gasteiger partial charge < -0.3 is 9.80 Å². The molecule has 0 bridgehead atoms. The fraction of sp³-hybridized carbons (Fsp3) is 0.0294. The minimum Gasteiger partial charge on any atom is -0.310 e. The van der Waals surface area contributed by atoms with Crippen LogP contribution in [0.15, 0.2) is 510 Å². The van der Waals surface area contributed by atoms with Crippen LogP contribution in [0.3, 0.4) is 0 Å². The zero-order valence-corrected chi connectivity index (χ0v) is 75.4. The van der Waals surface area contributed by atoms with Crippen LogP contribution in [0.5, 0.6) is 0 Å². The van der Waals surface area contributed by atoms with Crippen molar-refractivity contribution >= 4 is 98.8 Å². The first-order chi connectivity index (χ1) is 68.5. The lowest BCUT2D eigenvalue weighted by molar-refractivity contribution is 0.768. The Kier molecular flexibility index (Phi) is 16.2. The van der Waals surface area contributed by atoms with E-state index >= 15 is 0 Å². The van der Waals surface area contributed by atoms with E-state index in [1.165, 1.54) is 220 Å². The number of hydrogen-bond acceptors (Lipinski definition) is 2. The average molecular weight is 1750 g/mol. The number of rotatable bonds is 11. The highest BCUT2D eigenvalue weighted by Crippen LogP contribution is 2.69. The number of benzene rings is 24. The first-order valence-electron chi connectivity index (χ1n) is 48.4. The Morgan fingerprint density at radius 2 is 0.377 bits per heavy atom. The molecule has 638 valence electrons. The summed E-state index contributed by atoms with van der Waals surface area (Å²) in [5, 5.41) is 14.9. The summed E-state index contributed by atoms with van der Waals surface area (Å²) in [7, 11) is 0. The molecule has 2 heteroatoms. The summed E-state index contributed by atoms with van der Waals surface area (Å²) in [5.41, 5.74) is 41.5. The Hall–Kier alpha value is -17.6. The van der Waals surface area contributed by atoms with Crippen molar-refractivity contribution in [3.8, 4) is 77.9 Å². The molecule has 0 aromatic heterocycles. The van der Waals surface area contributed by atoms with Gasteiger partial charge in [0.2, 0.25) is 0 Å². The number of hydrogen-bond donors (Lipinski definition) is 0. The van der Waals surface area contributed by atoms with Crippen LogP contribution in [0, 0.1) is 0 Å². The highest BCUT2D eigenvalue weighted by molar-refractivity contribution is 6.27. The van der Waals surface area contributed by atoms with Gasteiger partial charge in [-0.3, -0.25) is 0 Å². The van der Waals surface area contributed by atoms with Crippen molar-refractivity contribution in [2.45, 2.75) is 21.7 Å². The maximum Gasteiger partial charge on any atom is 0.0726 e. The van der Waals surface area contributed by atoms with Crippen LogP contribution >= 0.6 is 0 Å². The molecule has 6 aliphatic rings. The monoisotopic (exact) mass is 1740 g/mol. The van der Waals surface area contributed by atoms with Crippen LogP contribution in [-0.4, -0.2) is 0 Å². The molecule has 0 fully saturated rings. The molecule has 0 saturated heterocycles. The lowest BCUT2D eigenvalue weighted by Gasteiger charge is -2.35. The first kappa shape index (κ1) is 76.9. The predicted molar refractivity (Wildman–Crippen MR) is 573 cm³/mol.